The van der Waals surface area contributed by atoms with Crippen molar-refractivity contribution in [1.82, 2.24) is 4.90 Å². The predicted molar refractivity (Wildman–Crippen MR) is 80.4 cm³/mol. The first-order valence-electron chi connectivity index (χ1n) is 6.33. The molecule has 4 nitrogen and oxygen atoms in total. The maximum atomic E-state index is 12.3. The Bertz CT molecular complexity index is 575. The normalized spacial score (nSPS) is 15.6. The summed E-state index contributed by atoms with van der Waals surface area (Å²) in [7, 11) is 3.11. The predicted octanol–water partition coefficient (Wildman–Crippen LogP) is 2.55. The lowest BCUT2D eigenvalue weighted by molar-refractivity contribution is -0.134. The van der Waals surface area contributed by atoms with Crippen molar-refractivity contribution in [3.05, 3.63) is 34.7 Å². The zero-order valence-corrected chi connectivity index (χ0v) is 12.8. The second kappa shape index (κ2) is 5.71. The minimum Gasteiger partial charge on any atom is -0.497 e. The standard InChI is InChI=1S/C15H17NO3S/c1-9(2)20-13-12(14(17)16(3)15(13)18)10-5-7-11(19-4)8-6-10/h5-9H,1-4H3. The molecule has 1 aromatic rings. The van der Waals surface area contributed by atoms with Gasteiger partial charge in [-0.2, -0.15) is 0 Å². The van der Waals surface area contributed by atoms with E-state index in [0.717, 1.165) is 11.3 Å². The molecule has 0 N–H and O–H groups in total. The van der Waals surface area contributed by atoms with Gasteiger partial charge in [-0.3, -0.25) is 14.5 Å². The summed E-state index contributed by atoms with van der Waals surface area (Å²) in [5, 5.41) is 0.237. The highest BCUT2D eigenvalue weighted by Crippen LogP contribution is 2.37. The highest BCUT2D eigenvalue weighted by molar-refractivity contribution is 8.04. The fourth-order valence-electron chi connectivity index (χ4n) is 1.97. The van der Waals surface area contributed by atoms with Crippen molar-refractivity contribution in [2.75, 3.05) is 14.2 Å². The number of methoxy groups -OCH3 is 1. The Morgan fingerprint density at radius 1 is 1.10 bits per heavy atom. The lowest BCUT2D eigenvalue weighted by Gasteiger charge is -2.07. The maximum absolute atomic E-state index is 12.3. The van der Waals surface area contributed by atoms with Gasteiger partial charge in [0.25, 0.3) is 11.8 Å². The number of rotatable bonds is 4. The van der Waals surface area contributed by atoms with E-state index in [-0.39, 0.29) is 17.1 Å². The van der Waals surface area contributed by atoms with Gasteiger partial charge in [0.1, 0.15) is 5.75 Å². The summed E-state index contributed by atoms with van der Waals surface area (Å²) in [6, 6.07) is 7.19. The molecule has 0 saturated heterocycles. The van der Waals surface area contributed by atoms with Gasteiger partial charge in [0.05, 0.1) is 17.6 Å². The average Bonchev–Trinajstić information content (AvgIpc) is 2.63. The van der Waals surface area contributed by atoms with E-state index in [1.807, 2.05) is 13.8 Å². The smallest absolute Gasteiger partial charge is 0.267 e. The monoisotopic (exact) mass is 291 g/mol. The summed E-state index contributed by atoms with van der Waals surface area (Å²) in [5.41, 5.74) is 1.23. The topological polar surface area (TPSA) is 46.6 Å². The summed E-state index contributed by atoms with van der Waals surface area (Å²) in [6.07, 6.45) is 0. The van der Waals surface area contributed by atoms with Crippen LogP contribution in [-0.2, 0) is 9.59 Å². The number of benzene rings is 1. The lowest BCUT2D eigenvalue weighted by atomic mass is 10.1. The van der Waals surface area contributed by atoms with Crippen LogP contribution in [-0.4, -0.2) is 36.1 Å². The Morgan fingerprint density at radius 2 is 1.70 bits per heavy atom. The van der Waals surface area contributed by atoms with Gasteiger partial charge < -0.3 is 4.74 Å². The molecule has 1 aliphatic heterocycles. The van der Waals surface area contributed by atoms with E-state index in [9.17, 15) is 9.59 Å². The van der Waals surface area contributed by atoms with Gasteiger partial charge >= 0.3 is 0 Å². The van der Waals surface area contributed by atoms with E-state index < -0.39 is 0 Å². The van der Waals surface area contributed by atoms with Crippen LogP contribution in [0, 0.1) is 0 Å². The van der Waals surface area contributed by atoms with Gasteiger partial charge in [0, 0.05) is 12.3 Å². The molecule has 0 bridgehead atoms. The first-order chi connectivity index (χ1) is 9.45. The van der Waals surface area contributed by atoms with Crippen molar-refractivity contribution in [3.63, 3.8) is 0 Å². The molecule has 0 radical (unpaired) electrons. The van der Waals surface area contributed by atoms with Crippen molar-refractivity contribution in [2.24, 2.45) is 0 Å². The third kappa shape index (κ3) is 2.58. The zero-order chi connectivity index (χ0) is 14.9. The van der Waals surface area contributed by atoms with Crippen molar-refractivity contribution in [3.8, 4) is 5.75 Å². The Kier molecular flexibility index (Phi) is 4.18. The molecule has 1 aliphatic rings. The van der Waals surface area contributed by atoms with E-state index in [4.69, 9.17) is 4.74 Å². The number of hydrogen-bond acceptors (Lipinski definition) is 4. The molecule has 5 heteroatoms. The summed E-state index contributed by atoms with van der Waals surface area (Å²) < 4.78 is 5.11. The lowest BCUT2D eigenvalue weighted by Crippen LogP contribution is -2.26. The fourth-order valence-corrected chi connectivity index (χ4v) is 3.01. The average molecular weight is 291 g/mol. The number of imide groups is 1. The minimum atomic E-state index is -0.247. The van der Waals surface area contributed by atoms with Crippen molar-refractivity contribution < 1.29 is 14.3 Å². The van der Waals surface area contributed by atoms with Crippen LogP contribution in [0.3, 0.4) is 0 Å². The molecular formula is C15H17NO3S. The Labute approximate surface area is 122 Å². The second-order valence-electron chi connectivity index (χ2n) is 4.77. The maximum Gasteiger partial charge on any atom is 0.267 e. The molecule has 2 amide bonds. The van der Waals surface area contributed by atoms with Crippen molar-refractivity contribution in [1.29, 1.82) is 0 Å². The van der Waals surface area contributed by atoms with Crippen LogP contribution in [0.5, 0.6) is 5.75 Å². The molecule has 1 heterocycles. The number of amides is 2. The van der Waals surface area contributed by atoms with Crippen LogP contribution in [0.15, 0.2) is 29.2 Å². The molecule has 1 aromatic carbocycles. The SMILES string of the molecule is COc1ccc(C2=C(SC(C)C)C(=O)N(C)C2=O)cc1. The van der Waals surface area contributed by atoms with Crippen LogP contribution in [0.2, 0.25) is 0 Å². The van der Waals surface area contributed by atoms with E-state index in [1.165, 1.54) is 23.7 Å². The molecule has 0 aromatic heterocycles. The van der Waals surface area contributed by atoms with Crippen LogP contribution in [0.25, 0.3) is 5.57 Å². The molecule has 20 heavy (non-hydrogen) atoms. The molecule has 106 valence electrons. The third-order valence-corrected chi connectivity index (χ3v) is 4.06. The highest BCUT2D eigenvalue weighted by Gasteiger charge is 2.37. The number of likely N-dealkylation sites (N-methyl/N-ethyl adjacent to an activating group) is 1. The highest BCUT2D eigenvalue weighted by atomic mass is 32.2. The Morgan fingerprint density at radius 3 is 2.20 bits per heavy atom. The minimum absolute atomic E-state index is 0.223. The third-order valence-electron chi connectivity index (χ3n) is 2.98. The molecule has 0 unspecified atom stereocenters. The van der Waals surface area contributed by atoms with Crippen LogP contribution in [0.4, 0.5) is 0 Å². The number of thioether (sulfide) groups is 1. The molecule has 0 fully saturated rings. The molecule has 0 aliphatic carbocycles. The van der Waals surface area contributed by atoms with E-state index in [0.29, 0.717) is 10.5 Å². The number of carbonyl (C=O) groups is 2. The van der Waals surface area contributed by atoms with Gasteiger partial charge in [-0.1, -0.05) is 26.0 Å². The fraction of sp³-hybridized carbons (Fsp3) is 0.333. The van der Waals surface area contributed by atoms with Crippen LogP contribution < -0.4 is 4.74 Å². The van der Waals surface area contributed by atoms with Crippen molar-refractivity contribution >= 4 is 29.1 Å². The molecular weight excluding hydrogens is 274 g/mol. The molecule has 2 rings (SSSR count). The summed E-state index contributed by atoms with van der Waals surface area (Å²) >= 11 is 1.43. The van der Waals surface area contributed by atoms with Crippen molar-refractivity contribution in [2.45, 2.75) is 19.1 Å². The molecule has 0 atom stereocenters. The van der Waals surface area contributed by atoms with E-state index >= 15 is 0 Å². The number of hydrogen-bond donors (Lipinski definition) is 0. The van der Waals surface area contributed by atoms with E-state index in [1.54, 1.807) is 31.4 Å². The first kappa shape index (κ1) is 14.7. The number of ether oxygens (including phenoxy) is 1. The molecule has 0 spiro atoms. The van der Waals surface area contributed by atoms with Gasteiger partial charge in [0.2, 0.25) is 0 Å². The van der Waals surface area contributed by atoms with Crippen LogP contribution in [0.1, 0.15) is 19.4 Å². The summed E-state index contributed by atoms with van der Waals surface area (Å²) in [6.45, 7) is 4.00. The van der Waals surface area contributed by atoms with Gasteiger partial charge in [-0.25, -0.2) is 0 Å². The second-order valence-corrected chi connectivity index (χ2v) is 6.36. The van der Waals surface area contributed by atoms with Gasteiger partial charge in [-0.15, -0.1) is 11.8 Å². The molecule has 0 saturated carbocycles. The van der Waals surface area contributed by atoms with Crippen LogP contribution >= 0.6 is 11.8 Å². The summed E-state index contributed by atoms with van der Waals surface area (Å²) in [4.78, 5) is 26.1. The number of carbonyl (C=O) groups excluding carboxylic acids is 2. The Balaban J connectivity index is 2.49. The summed E-state index contributed by atoms with van der Waals surface area (Å²) in [5.74, 6) is 0.250. The van der Waals surface area contributed by atoms with E-state index in [2.05, 4.69) is 0 Å². The zero-order valence-electron chi connectivity index (χ0n) is 12.0. The number of nitrogens with zero attached hydrogens (tertiary/aromatic N) is 1. The quantitative estimate of drug-likeness (QED) is 0.800. The van der Waals surface area contributed by atoms with Gasteiger partial charge in [0.15, 0.2) is 0 Å². The van der Waals surface area contributed by atoms with Gasteiger partial charge in [-0.05, 0) is 17.7 Å². The first-order valence-corrected chi connectivity index (χ1v) is 7.21. The Hall–Kier alpha value is -1.75. The largest absolute Gasteiger partial charge is 0.497 e.